The van der Waals surface area contributed by atoms with Crippen molar-refractivity contribution in [3.05, 3.63) is 48.5 Å². The van der Waals surface area contributed by atoms with E-state index in [1.165, 1.54) is 24.5 Å². The summed E-state index contributed by atoms with van der Waals surface area (Å²) in [6.07, 6.45) is 1.59. The van der Waals surface area contributed by atoms with Crippen LogP contribution in [0, 0.1) is 5.82 Å². The smallest absolute Gasteiger partial charge is 0.237 e. The number of carbonyl (C=O) groups excluding carboxylic acids is 2. The summed E-state index contributed by atoms with van der Waals surface area (Å²) in [6.45, 7) is 1.94. The highest BCUT2D eigenvalue weighted by molar-refractivity contribution is 8.00. The number of nitrogens with one attached hydrogen (secondary N) is 1. The molecule has 2 aromatic heterocycles. The highest BCUT2D eigenvalue weighted by atomic mass is 32.2. The van der Waals surface area contributed by atoms with Gasteiger partial charge in [0.05, 0.1) is 11.5 Å². The zero-order valence-corrected chi connectivity index (χ0v) is 15.8. The number of hydrogen-bond acceptors (Lipinski definition) is 6. The van der Waals surface area contributed by atoms with E-state index < -0.39 is 17.0 Å². The lowest BCUT2D eigenvalue weighted by molar-refractivity contribution is -0.118. The monoisotopic (exact) mass is 403 g/mol. The Morgan fingerprint density at radius 2 is 2.14 bits per heavy atom. The molecule has 0 bridgehead atoms. The maximum Gasteiger partial charge on any atom is 0.237 e. The number of aromatic nitrogens is 3. The van der Waals surface area contributed by atoms with Crippen molar-refractivity contribution in [2.45, 2.75) is 30.3 Å². The van der Waals surface area contributed by atoms with Crippen LogP contribution in [-0.2, 0) is 16.1 Å². The van der Waals surface area contributed by atoms with Gasteiger partial charge in [-0.25, -0.2) is 4.39 Å². The van der Waals surface area contributed by atoms with E-state index >= 15 is 0 Å². The van der Waals surface area contributed by atoms with Crippen molar-refractivity contribution in [1.82, 2.24) is 14.8 Å². The molecule has 146 valence electrons. The summed E-state index contributed by atoms with van der Waals surface area (Å²) in [5.41, 5.74) is 5.62. The second kappa shape index (κ2) is 8.70. The summed E-state index contributed by atoms with van der Waals surface area (Å²) in [5.74, 6) is -0.300. The molecule has 3 aromatic rings. The molecule has 0 fully saturated rings. The molecule has 0 aliphatic heterocycles. The minimum Gasteiger partial charge on any atom is -0.461 e. The Bertz CT molecular complexity index is 974. The van der Waals surface area contributed by atoms with Crippen molar-refractivity contribution in [2.75, 3.05) is 5.32 Å². The SMILES string of the molecule is CC(Sc1nnc(-c2ccco2)n1CCC(N)=O)C(=O)Nc1cccc(F)c1. The normalized spacial score (nSPS) is 11.9. The molecule has 2 amide bonds. The number of furan rings is 1. The van der Waals surface area contributed by atoms with Gasteiger partial charge in [-0.05, 0) is 37.3 Å². The first kappa shape index (κ1) is 19.6. The Morgan fingerprint density at radius 1 is 1.32 bits per heavy atom. The van der Waals surface area contributed by atoms with Gasteiger partial charge in [0.1, 0.15) is 5.82 Å². The first-order valence-corrected chi connectivity index (χ1v) is 9.30. The Kier molecular flexibility index (Phi) is 6.09. The molecule has 28 heavy (non-hydrogen) atoms. The van der Waals surface area contributed by atoms with Crippen LogP contribution in [-0.4, -0.2) is 31.8 Å². The van der Waals surface area contributed by atoms with Crippen LogP contribution in [0.15, 0.2) is 52.2 Å². The van der Waals surface area contributed by atoms with Crippen LogP contribution in [0.2, 0.25) is 0 Å². The lowest BCUT2D eigenvalue weighted by atomic mass is 10.3. The van der Waals surface area contributed by atoms with Gasteiger partial charge in [0.25, 0.3) is 0 Å². The number of primary amides is 1. The van der Waals surface area contributed by atoms with Crippen LogP contribution in [0.1, 0.15) is 13.3 Å². The number of benzene rings is 1. The van der Waals surface area contributed by atoms with E-state index in [2.05, 4.69) is 15.5 Å². The van der Waals surface area contributed by atoms with E-state index in [4.69, 9.17) is 10.2 Å². The van der Waals surface area contributed by atoms with Crippen molar-refractivity contribution in [1.29, 1.82) is 0 Å². The van der Waals surface area contributed by atoms with Gasteiger partial charge in [0.15, 0.2) is 16.7 Å². The first-order valence-electron chi connectivity index (χ1n) is 8.42. The maximum absolute atomic E-state index is 13.3. The Morgan fingerprint density at radius 3 is 2.82 bits per heavy atom. The van der Waals surface area contributed by atoms with Crippen LogP contribution in [0.25, 0.3) is 11.6 Å². The van der Waals surface area contributed by atoms with Gasteiger partial charge < -0.3 is 15.5 Å². The van der Waals surface area contributed by atoms with E-state index in [0.29, 0.717) is 22.4 Å². The molecule has 8 nitrogen and oxygen atoms in total. The molecule has 10 heteroatoms. The van der Waals surface area contributed by atoms with Crippen molar-refractivity contribution < 1.29 is 18.4 Å². The van der Waals surface area contributed by atoms with E-state index in [0.717, 1.165) is 11.8 Å². The number of nitrogens with two attached hydrogens (primary N) is 1. The molecule has 0 saturated heterocycles. The summed E-state index contributed by atoms with van der Waals surface area (Å²) in [7, 11) is 0. The molecule has 2 heterocycles. The number of halogens is 1. The second-order valence-corrected chi connectivity index (χ2v) is 7.22. The van der Waals surface area contributed by atoms with Gasteiger partial charge in [0.2, 0.25) is 11.8 Å². The lowest BCUT2D eigenvalue weighted by Crippen LogP contribution is -2.23. The maximum atomic E-state index is 13.3. The third kappa shape index (κ3) is 4.77. The number of carbonyl (C=O) groups is 2. The molecular weight excluding hydrogens is 385 g/mol. The highest BCUT2D eigenvalue weighted by Gasteiger charge is 2.22. The molecule has 1 unspecified atom stereocenters. The molecule has 0 saturated carbocycles. The fraction of sp³-hybridized carbons (Fsp3) is 0.222. The van der Waals surface area contributed by atoms with Crippen LogP contribution >= 0.6 is 11.8 Å². The molecule has 1 atom stereocenters. The molecule has 0 spiro atoms. The molecule has 0 aliphatic rings. The lowest BCUT2D eigenvalue weighted by Gasteiger charge is -2.13. The van der Waals surface area contributed by atoms with E-state index in [-0.39, 0.29) is 18.9 Å². The van der Waals surface area contributed by atoms with Gasteiger partial charge in [-0.1, -0.05) is 17.8 Å². The topological polar surface area (TPSA) is 116 Å². The predicted octanol–water partition coefficient (Wildman–Crippen LogP) is 2.67. The van der Waals surface area contributed by atoms with Gasteiger partial charge in [-0.15, -0.1) is 10.2 Å². The number of anilines is 1. The molecule has 3 rings (SSSR count). The minimum absolute atomic E-state index is 0.0865. The standard InChI is InChI=1S/C18H18FN5O3S/c1-11(17(26)21-13-5-2-4-12(19)10-13)28-18-23-22-16(14-6-3-9-27-14)24(18)8-7-15(20)25/h2-6,9-11H,7-8H2,1H3,(H2,20,25)(H,21,26). The number of rotatable bonds is 8. The minimum atomic E-state index is -0.552. The van der Waals surface area contributed by atoms with Gasteiger partial charge >= 0.3 is 0 Å². The van der Waals surface area contributed by atoms with Crippen LogP contribution in [0.3, 0.4) is 0 Å². The number of hydrogen-bond donors (Lipinski definition) is 2. The Hall–Kier alpha value is -3.14. The van der Waals surface area contributed by atoms with Gasteiger partial charge in [-0.3, -0.25) is 14.2 Å². The summed E-state index contributed by atoms with van der Waals surface area (Å²) in [6, 6.07) is 9.08. The summed E-state index contributed by atoms with van der Waals surface area (Å²) < 4.78 is 20.3. The summed E-state index contributed by atoms with van der Waals surface area (Å²) >= 11 is 1.16. The second-order valence-electron chi connectivity index (χ2n) is 5.91. The van der Waals surface area contributed by atoms with Crippen molar-refractivity contribution >= 4 is 29.3 Å². The predicted molar refractivity (Wildman–Crippen MR) is 102 cm³/mol. The Balaban J connectivity index is 1.76. The van der Waals surface area contributed by atoms with Crippen LogP contribution < -0.4 is 11.1 Å². The largest absolute Gasteiger partial charge is 0.461 e. The quantitative estimate of drug-likeness (QED) is 0.559. The van der Waals surface area contributed by atoms with Gasteiger partial charge in [-0.2, -0.15) is 0 Å². The average molecular weight is 403 g/mol. The highest BCUT2D eigenvalue weighted by Crippen LogP contribution is 2.28. The third-order valence-electron chi connectivity index (χ3n) is 3.78. The molecule has 1 aromatic carbocycles. The molecule has 3 N–H and O–H groups in total. The molecular formula is C18H18FN5O3S. The van der Waals surface area contributed by atoms with Crippen molar-refractivity contribution in [3.63, 3.8) is 0 Å². The molecule has 0 radical (unpaired) electrons. The third-order valence-corrected chi connectivity index (χ3v) is 4.86. The van der Waals surface area contributed by atoms with Crippen molar-refractivity contribution in [3.8, 4) is 11.6 Å². The van der Waals surface area contributed by atoms with Crippen LogP contribution in [0.5, 0.6) is 0 Å². The number of amides is 2. The summed E-state index contributed by atoms with van der Waals surface area (Å²) in [5, 5.41) is 10.8. The van der Waals surface area contributed by atoms with E-state index in [1.54, 1.807) is 29.7 Å². The zero-order chi connectivity index (χ0) is 20.1. The number of nitrogens with zero attached hydrogens (tertiary/aromatic N) is 3. The summed E-state index contributed by atoms with van der Waals surface area (Å²) in [4.78, 5) is 23.6. The van der Waals surface area contributed by atoms with Gasteiger partial charge in [0, 0.05) is 18.7 Å². The molecule has 0 aliphatic carbocycles. The van der Waals surface area contributed by atoms with E-state index in [1.807, 2.05) is 0 Å². The fourth-order valence-electron chi connectivity index (χ4n) is 2.41. The first-order chi connectivity index (χ1) is 13.4. The average Bonchev–Trinajstić information content (AvgIpc) is 3.29. The number of thioether (sulfide) groups is 1. The Labute approximate surface area is 164 Å². The van der Waals surface area contributed by atoms with Crippen molar-refractivity contribution in [2.24, 2.45) is 5.73 Å². The van der Waals surface area contributed by atoms with Crippen LogP contribution in [0.4, 0.5) is 10.1 Å². The zero-order valence-electron chi connectivity index (χ0n) is 15.0. The van der Waals surface area contributed by atoms with E-state index in [9.17, 15) is 14.0 Å². The fourth-order valence-corrected chi connectivity index (χ4v) is 3.28.